The summed E-state index contributed by atoms with van der Waals surface area (Å²) in [6, 6.07) is 6.72. The number of phenolic OH excluding ortho intramolecular Hbond substituents is 1. The van der Waals surface area contributed by atoms with Crippen molar-refractivity contribution in [1.82, 2.24) is 10.2 Å². The minimum Gasteiger partial charge on any atom is -0.508 e. The van der Waals surface area contributed by atoms with E-state index < -0.39 is 6.09 Å². The number of phenols is 1. The molecule has 108 valence electrons. The van der Waals surface area contributed by atoms with Crippen LogP contribution in [0.2, 0.25) is 0 Å². The number of ether oxygens (including phenoxy) is 1. The number of carbonyl (C=O) groups excluding carboxylic acids is 2. The van der Waals surface area contributed by atoms with Crippen LogP contribution in [0.25, 0.3) is 0 Å². The van der Waals surface area contributed by atoms with Crippen LogP contribution < -0.4 is 5.32 Å². The summed E-state index contributed by atoms with van der Waals surface area (Å²) < 4.78 is 4.53. The fourth-order valence-corrected chi connectivity index (χ4v) is 2.27. The number of carbonyl (C=O) groups is 2. The molecule has 1 aromatic carbocycles. The van der Waals surface area contributed by atoms with Gasteiger partial charge in [-0.05, 0) is 12.5 Å². The van der Waals surface area contributed by atoms with Crippen molar-refractivity contribution in [3.05, 3.63) is 29.8 Å². The molecule has 2 N–H and O–H groups in total. The fraction of sp³-hybridized carbons (Fsp3) is 0.429. The topological polar surface area (TPSA) is 78.9 Å². The van der Waals surface area contributed by atoms with Crippen LogP contribution in [0.1, 0.15) is 12.0 Å². The predicted octanol–water partition coefficient (Wildman–Crippen LogP) is 0.892. The maximum Gasteiger partial charge on any atom is 0.407 e. The smallest absolute Gasteiger partial charge is 0.407 e. The molecule has 0 radical (unpaired) electrons. The van der Waals surface area contributed by atoms with Gasteiger partial charge in [-0.1, -0.05) is 18.2 Å². The number of rotatable bonds is 3. The van der Waals surface area contributed by atoms with Gasteiger partial charge < -0.3 is 20.1 Å². The highest BCUT2D eigenvalue weighted by Gasteiger charge is 2.27. The molecule has 1 unspecified atom stereocenters. The zero-order valence-corrected chi connectivity index (χ0v) is 11.3. The summed E-state index contributed by atoms with van der Waals surface area (Å²) in [5.74, 6) is 0.0740. The van der Waals surface area contributed by atoms with Gasteiger partial charge in [0.2, 0.25) is 5.91 Å². The SMILES string of the molecule is COC(=O)NC1CCN(C(=O)Cc2ccccc2O)C1. The number of para-hydroxylation sites is 1. The van der Waals surface area contributed by atoms with E-state index in [9.17, 15) is 14.7 Å². The maximum atomic E-state index is 12.1. The molecule has 6 heteroatoms. The standard InChI is InChI=1S/C14H18N2O4/c1-20-14(19)15-11-6-7-16(9-11)13(18)8-10-4-2-3-5-12(10)17/h2-5,11,17H,6-9H2,1H3,(H,15,19). The predicted molar refractivity (Wildman–Crippen MR) is 72.3 cm³/mol. The van der Waals surface area contributed by atoms with Crippen molar-refractivity contribution in [2.45, 2.75) is 18.9 Å². The van der Waals surface area contributed by atoms with Crippen molar-refractivity contribution in [2.24, 2.45) is 0 Å². The lowest BCUT2D eigenvalue weighted by molar-refractivity contribution is -0.129. The second-order valence-electron chi connectivity index (χ2n) is 4.77. The number of benzene rings is 1. The van der Waals surface area contributed by atoms with Crippen LogP contribution in [-0.2, 0) is 16.0 Å². The molecule has 2 rings (SSSR count). The molecule has 0 aromatic heterocycles. The first-order valence-corrected chi connectivity index (χ1v) is 6.49. The summed E-state index contributed by atoms with van der Waals surface area (Å²) in [4.78, 5) is 24.9. The molecule has 0 aliphatic carbocycles. The van der Waals surface area contributed by atoms with Gasteiger partial charge in [-0.15, -0.1) is 0 Å². The van der Waals surface area contributed by atoms with Crippen molar-refractivity contribution >= 4 is 12.0 Å². The van der Waals surface area contributed by atoms with Crippen LogP contribution in [0.15, 0.2) is 24.3 Å². The highest BCUT2D eigenvalue weighted by molar-refractivity contribution is 5.80. The summed E-state index contributed by atoms with van der Waals surface area (Å²) in [5.41, 5.74) is 0.613. The van der Waals surface area contributed by atoms with Gasteiger partial charge in [0, 0.05) is 18.7 Å². The van der Waals surface area contributed by atoms with E-state index in [0.717, 1.165) is 0 Å². The first-order valence-electron chi connectivity index (χ1n) is 6.49. The average Bonchev–Trinajstić information content (AvgIpc) is 2.89. The Morgan fingerprint density at radius 3 is 2.90 bits per heavy atom. The number of aromatic hydroxyl groups is 1. The minimum absolute atomic E-state index is 0.0549. The van der Waals surface area contributed by atoms with Crippen molar-refractivity contribution in [3.8, 4) is 5.75 Å². The number of amides is 2. The normalized spacial score (nSPS) is 17.9. The van der Waals surface area contributed by atoms with E-state index in [2.05, 4.69) is 10.1 Å². The van der Waals surface area contributed by atoms with E-state index in [1.165, 1.54) is 7.11 Å². The largest absolute Gasteiger partial charge is 0.508 e. The summed E-state index contributed by atoms with van der Waals surface area (Å²) in [5, 5.41) is 12.3. The molecule has 1 fully saturated rings. The number of likely N-dealkylation sites (tertiary alicyclic amines) is 1. The van der Waals surface area contributed by atoms with Gasteiger partial charge in [-0.2, -0.15) is 0 Å². The lowest BCUT2D eigenvalue weighted by Crippen LogP contribution is -2.38. The molecular weight excluding hydrogens is 260 g/mol. The summed E-state index contributed by atoms with van der Waals surface area (Å²) >= 11 is 0. The van der Waals surface area contributed by atoms with Gasteiger partial charge in [0.25, 0.3) is 0 Å². The molecule has 1 aromatic rings. The van der Waals surface area contributed by atoms with E-state index in [1.807, 2.05) is 0 Å². The molecule has 1 aliphatic heterocycles. The van der Waals surface area contributed by atoms with E-state index in [1.54, 1.807) is 29.2 Å². The number of hydrogen-bond donors (Lipinski definition) is 2. The third kappa shape index (κ3) is 3.40. The van der Waals surface area contributed by atoms with Crippen LogP contribution in [-0.4, -0.2) is 48.2 Å². The Labute approximate surface area is 117 Å². The third-order valence-electron chi connectivity index (χ3n) is 3.38. The number of nitrogens with zero attached hydrogens (tertiary/aromatic N) is 1. The molecule has 1 saturated heterocycles. The lowest BCUT2D eigenvalue weighted by Gasteiger charge is -2.17. The number of methoxy groups -OCH3 is 1. The van der Waals surface area contributed by atoms with E-state index in [-0.39, 0.29) is 24.1 Å². The molecule has 0 saturated carbocycles. The van der Waals surface area contributed by atoms with Crippen molar-refractivity contribution in [3.63, 3.8) is 0 Å². The zero-order chi connectivity index (χ0) is 14.5. The maximum absolute atomic E-state index is 12.1. The Bertz CT molecular complexity index is 504. The van der Waals surface area contributed by atoms with Crippen LogP contribution in [0, 0.1) is 0 Å². The van der Waals surface area contributed by atoms with Crippen LogP contribution in [0.4, 0.5) is 4.79 Å². The minimum atomic E-state index is -0.481. The highest BCUT2D eigenvalue weighted by Crippen LogP contribution is 2.18. The molecule has 20 heavy (non-hydrogen) atoms. The highest BCUT2D eigenvalue weighted by atomic mass is 16.5. The van der Waals surface area contributed by atoms with Gasteiger partial charge >= 0.3 is 6.09 Å². The number of nitrogens with one attached hydrogen (secondary N) is 1. The van der Waals surface area contributed by atoms with E-state index in [4.69, 9.17) is 0 Å². The zero-order valence-electron chi connectivity index (χ0n) is 11.3. The van der Waals surface area contributed by atoms with Crippen molar-refractivity contribution in [2.75, 3.05) is 20.2 Å². The van der Waals surface area contributed by atoms with Gasteiger partial charge in [0.05, 0.1) is 19.6 Å². The van der Waals surface area contributed by atoms with E-state index in [0.29, 0.717) is 25.1 Å². The third-order valence-corrected chi connectivity index (χ3v) is 3.38. The van der Waals surface area contributed by atoms with Crippen LogP contribution in [0.5, 0.6) is 5.75 Å². The van der Waals surface area contributed by atoms with Gasteiger partial charge in [0.1, 0.15) is 5.75 Å². The van der Waals surface area contributed by atoms with Crippen molar-refractivity contribution in [1.29, 1.82) is 0 Å². The Kier molecular flexibility index (Phi) is 4.45. The molecule has 0 spiro atoms. The fourth-order valence-electron chi connectivity index (χ4n) is 2.27. The summed E-state index contributed by atoms with van der Waals surface area (Å²) in [6.45, 7) is 1.07. The van der Waals surface area contributed by atoms with E-state index >= 15 is 0 Å². The molecule has 1 heterocycles. The number of alkyl carbamates (subject to hydrolysis) is 1. The Balaban J connectivity index is 1.89. The Morgan fingerprint density at radius 1 is 1.45 bits per heavy atom. The first-order chi connectivity index (χ1) is 9.60. The summed E-state index contributed by atoms with van der Waals surface area (Å²) in [7, 11) is 1.31. The molecular formula is C14H18N2O4. The lowest BCUT2D eigenvalue weighted by atomic mass is 10.1. The Morgan fingerprint density at radius 2 is 2.20 bits per heavy atom. The number of hydrogen-bond acceptors (Lipinski definition) is 4. The van der Waals surface area contributed by atoms with Crippen LogP contribution in [0.3, 0.4) is 0 Å². The van der Waals surface area contributed by atoms with Crippen molar-refractivity contribution < 1.29 is 19.4 Å². The van der Waals surface area contributed by atoms with Gasteiger partial charge in [0.15, 0.2) is 0 Å². The molecule has 1 atom stereocenters. The molecule has 2 amide bonds. The molecule has 0 bridgehead atoms. The first kappa shape index (κ1) is 14.2. The molecule has 6 nitrogen and oxygen atoms in total. The average molecular weight is 278 g/mol. The monoisotopic (exact) mass is 278 g/mol. The van der Waals surface area contributed by atoms with Gasteiger partial charge in [-0.25, -0.2) is 4.79 Å². The quantitative estimate of drug-likeness (QED) is 0.860. The summed E-state index contributed by atoms with van der Waals surface area (Å²) in [6.07, 6.45) is 0.393. The second-order valence-corrected chi connectivity index (χ2v) is 4.77. The Hall–Kier alpha value is -2.24. The van der Waals surface area contributed by atoms with Gasteiger partial charge in [-0.3, -0.25) is 4.79 Å². The van der Waals surface area contributed by atoms with Crippen LogP contribution >= 0.6 is 0 Å². The molecule has 1 aliphatic rings. The second kappa shape index (κ2) is 6.27.